The van der Waals surface area contributed by atoms with Gasteiger partial charge in [0.05, 0.1) is 0 Å². The minimum atomic E-state index is -0.194. The van der Waals surface area contributed by atoms with Crippen LogP contribution in [0.25, 0.3) is 0 Å². The quantitative estimate of drug-likeness (QED) is 0.824. The van der Waals surface area contributed by atoms with Crippen LogP contribution in [0.4, 0.5) is 4.39 Å². The first-order valence-electron chi connectivity index (χ1n) is 5.32. The van der Waals surface area contributed by atoms with Crippen LogP contribution in [0.1, 0.15) is 11.1 Å². The van der Waals surface area contributed by atoms with Crippen molar-refractivity contribution < 1.29 is 9.50 Å². The predicted octanol–water partition coefficient (Wildman–Crippen LogP) is 4.13. The van der Waals surface area contributed by atoms with Crippen molar-refractivity contribution >= 4 is 11.8 Å². The minimum absolute atomic E-state index is 0.194. The lowest BCUT2D eigenvalue weighted by Crippen LogP contribution is -1.87. The number of benzene rings is 2. The number of aryl methyl sites for hydroxylation is 1. The molecule has 0 aliphatic carbocycles. The Morgan fingerprint density at radius 1 is 1.12 bits per heavy atom. The van der Waals surface area contributed by atoms with Crippen LogP contribution < -0.4 is 0 Å². The van der Waals surface area contributed by atoms with E-state index in [1.165, 1.54) is 6.07 Å². The number of rotatable bonds is 3. The highest BCUT2D eigenvalue weighted by Gasteiger charge is 2.01. The summed E-state index contributed by atoms with van der Waals surface area (Å²) in [6.07, 6.45) is 0. The summed E-state index contributed by atoms with van der Waals surface area (Å²) in [5.74, 6) is 0.880. The van der Waals surface area contributed by atoms with Crippen molar-refractivity contribution in [2.45, 2.75) is 17.6 Å². The third-order valence-electron chi connectivity index (χ3n) is 2.54. The molecule has 0 amide bonds. The maximum atomic E-state index is 12.9. The van der Waals surface area contributed by atoms with Gasteiger partial charge in [-0.3, -0.25) is 0 Å². The molecule has 0 spiro atoms. The summed E-state index contributed by atoms with van der Waals surface area (Å²) >= 11 is 1.67. The average molecular weight is 248 g/mol. The summed E-state index contributed by atoms with van der Waals surface area (Å²) in [5, 5.41) is 9.17. The molecule has 0 radical (unpaired) electrons. The number of phenolic OH excluding ortho intramolecular Hbond substituents is 1. The highest BCUT2D eigenvalue weighted by atomic mass is 32.2. The molecule has 0 saturated heterocycles. The summed E-state index contributed by atoms with van der Waals surface area (Å²) in [7, 11) is 0. The fourth-order valence-corrected chi connectivity index (χ4v) is 2.50. The first kappa shape index (κ1) is 12.0. The van der Waals surface area contributed by atoms with E-state index in [1.54, 1.807) is 30.0 Å². The summed E-state index contributed by atoms with van der Waals surface area (Å²) in [5.41, 5.74) is 2.10. The minimum Gasteiger partial charge on any atom is -0.508 e. The van der Waals surface area contributed by atoms with Crippen LogP contribution in [0.5, 0.6) is 5.75 Å². The molecule has 0 aliphatic rings. The molecular formula is C14H13FOS. The summed E-state index contributed by atoms with van der Waals surface area (Å²) in [6, 6.07) is 11.9. The van der Waals surface area contributed by atoms with E-state index in [-0.39, 0.29) is 11.6 Å². The van der Waals surface area contributed by atoms with Gasteiger partial charge in [-0.05, 0) is 54.4 Å². The second kappa shape index (κ2) is 5.23. The van der Waals surface area contributed by atoms with E-state index in [9.17, 15) is 4.39 Å². The molecule has 0 bridgehead atoms. The lowest BCUT2D eigenvalue weighted by molar-refractivity contribution is 0.475. The van der Waals surface area contributed by atoms with Gasteiger partial charge in [-0.1, -0.05) is 6.07 Å². The van der Waals surface area contributed by atoms with Gasteiger partial charge in [-0.2, -0.15) is 0 Å². The molecule has 0 atom stereocenters. The van der Waals surface area contributed by atoms with E-state index in [0.717, 1.165) is 21.8 Å². The van der Waals surface area contributed by atoms with Crippen LogP contribution >= 0.6 is 11.8 Å². The number of aromatic hydroxyl groups is 1. The van der Waals surface area contributed by atoms with Gasteiger partial charge >= 0.3 is 0 Å². The van der Waals surface area contributed by atoms with Crippen molar-refractivity contribution in [2.75, 3.05) is 0 Å². The standard InChI is InChI=1S/C14H13FOS/c1-10-8-12(15)3-2-11(10)9-17-14-6-4-13(16)5-7-14/h2-8,16H,9H2,1H3. The molecule has 3 heteroatoms. The average Bonchev–Trinajstić information content (AvgIpc) is 2.30. The van der Waals surface area contributed by atoms with Gasteiger partial charge in [0.1, 0.15) is 11.6 Å². The first-order chi connectivity index (χ1) is 8.15. The zero-order valence-electron chi connectivity index (χ0n) is 9.48. The Labute approximate surface area is 104 Å². The highest BCUT2D eigenvalue weighted by Crippen LogP contribution is 2.25. The Morgan fingerprint density at radius 2 is 1.82 bits per heavy atom. The maximum Gasteiger partial charge on any atom is 0.123 e. The van der Waals surface area contributed by atoms with E-state index < -0.39 is 0 Å². The topological polar surface area (TPSA) is 20.2 Å². The van der Waals surface area contributed by atoms with Gasteiger partial charge in [0.15, 0.2) is 0 Å². The van der Waals surface area contributed by atoms with Gasteiger partial charge in [-0.25, -0.2) is 4.39 Å². The zero-order valence-corrected chi connectivity index (χ0v) is 10.3. The van der Waals surface area contributed by atoms with Crippen molar-refractivity contribution in [3.8, 4) is 5.75 Å². The first-order valence-corrected chi connectivity index (χ1v) is 6.30. The Bertz CT molecular complexity index is 508. The summed E-state index contributed by atoms with van der Waals surface area (Å²) in [6.45, 7) is 1.91. The molecule has 2 aromatic rings. The molecule has 0 heterocycles. The summed E-state index contributed by atoms with van der Waals surface area (Å²) < 4.78 is 12.9. The monoisotopic (exact) mass is 248 g/mol. The second-order valence-corrected chi connectivity index (χ2v) is 4.90. The molecule has 88 valence electrons. The van der Waals surface area contributed by atoms with Crippen LogP contribution in [0.2, 0.25) is 0 Å². The maximum absolute atomic E-state index is 12.9. The largest absolute Gasteiger partial charge is 0.508 e. The molecule has 2 aromatic carbocycles. The van der Waals surface area contributed by atoms with Crippen molar-refractivity contribution in [1.82, 2.24) is 0 Å². The third kappa shape index (κ3) is 3.24. The van der Waals surface area contributed by atoms with Crippen LogP contribution in [0.15, 0.2) is 47.4 Å². The zero-order chi connectivity index (χ0) is 12.3. The molecule has 0 unspecified atom stereocenters. The van der Waals surface area contributed by atoms with Crippen LogP contribution in [-0.2, 0) is 5.75 Å². The van der Waals surface area contributed by atoms with Gasteiger partial charge in [0.2, 0.25) is 0 Å². The molecule has 1 N–H and O–H groups in total. The number of halogens is 1. The van der Waals surface area contributed by atoms with Crippen molar-refractivity contribution in [2.24, 2.45) is 0 Å². The smallest absolute Gasteiger partial charge is 0.123 e. The lowest BCUT2D eigenvalue weighted by Gasteiger charge is -2.06. The molecule has 0 fully saturated rings. The molecule has 0 aliphatic heterocycles. The van der Waals surface area contributed by atoms with Crippen LogP contribution in [0.3, 0.4) is 0 Å². The van der Waals surface area contributed by atoms with E-state index >= 15 is 0 Å². The van der Waals surface area contributed by atoms with E-state index in [2.05, 4.69) is 0 Å². The van der Waals surface area contributed by atoms with Crippen molar-refractivity contribution in [3.63, 3.8) is 0 Å². The Hall–Kier alpha value is -1.48. The highest BCUT2D eigenvalue weighted by molar-refractivity contribution is 7.98. The fourth-order valence-electron chi connectivity index (χ4n) is 1.52. The van der Waals surface area contributed by atoms with Gasteiger partial charge < -0.3 is 5.11 Å². The molecule has 0 saturated carbocycles. The van der Waals surface area contributed by atoms with E-state index in [0.29, 0.717) is 0 Å². The predicted molar refractivity (Wildman–Crippen MR) is 68.8 cm³/mol. The van der Waals surface area contributed by atoms with Crippen LogP contribution in [-0.4, -0.2) is 5.11 Å². The third-order valence-corrected chi connectivity index (χ3v) is 3.60. The summed E-state index contributed by atoms with van der Waals surface area (Å²) in [4.78, 5) is 1.09. The molecule has 1 nitrogen and oxygen atoms in total. The normalized spacial score (nSPS) is 10.5. The number of hydrogen-bond donors (Lipinski definition) is 1. The van der Waals surface area contributed by atoms with Gasteiger partial charge in [0, 0.05) is 10.6 Å². The fraction of sp³-hybridized carbons (Fsp3) is 0.143. The van der Waals surface area contributed by atoms with Gasteiger partial charge in [-0.15, -0.1) is 11.8 Å². The molecular weight excluding hydrogens is 235 g/mol. The molecule has 17 heavy (non-hydrogen) atoms. The SMILES string of the molecule is Cc1cc(F)ccc1CSc1ccc(O)cc1. The van der Waals surface area contributed by atoms with Crippen molar-refractivity contribution in [3.05, 3.63) is 59.4 Å². The second-order valence-electron chi connectivity index (χ2n) is 3.85. The number of hydrogen-bond acceptors (Lipinski definition) is 2. The Kier molecular flexibility index (Phi) is 3.69. The van der Waals surface area contributed by atoms with Crippen molar-refractivity contribution in [1.29, 1.82) is 0 Å². The Morgan fingerprint density at radius 3 is 2.47 bits per heavy atom. The van der Waals surface area contributed by atoms with Gasteiger partial charge in [0.25, 0.3) is 0 Å². The molecule has 2 rings (SSSR count). The number of thioether (sulfide) groups is 1. The number of phenols is 1. The van der Waals surface area contributed by atoms with E-state index in [1.807, 2.05) is 25.1 Å². The van der Waals surface area contributed by atoms with E-state index in [4.69, 9.17) is 5.11 Å². The lowest BCUT2D eigenvalue weighted by atomic mass is 10.1. The Balaban J connectivity index is 2.04. The molecule has 0 aromatic heterocycles. The van der Waals surface area contributed by atoms with Crippen LogP contribution in [0, 0.1) is 12.7 Å².